The van der Waals surface area contributed by atoms with Crippen LogP contribution in [0.4, 0.5) is 5.69 Å². The Balaban J connectivity index is 2.41. The second-order valence-corrected chi connectivity index (χ2v) is 10.8. The number of hydrogen-bond acceptors (Lipinski definition) is 4. The average Bonchev–Trinajstić information content (AvgIpc) is 2.78. The van der Waals surface area contributed by atoms with Gasteiger partial charge in [0, 0.05) is 12.6 Å². The summed E-state index contributed by atoms with van der Waals surface area (Å²) in [5.41, 5.74) is 3.35. The molecule has 0 bridgehead atoms. The summed E-state index contributed by atoms with van der Waals surface area (Å²) in [4.78, 5) is 28.2. The van der Waals surface area contributed by atoms with E-state index in [1.807, 2.05) is 58.9 Å². The number of nitrogens with zero attached hydrogens (tertiary/aromatic N) is 2. The molecule has 8 heteroatoms. The molecule has 0 spiro atoms. The van der Waals surface area contributed by atoms with Gasteiger partial charge in [0.05, 0.1) is 11.9 Å². The van der Waals surface area contributed by atoms with Crippen molar-refractivity contribution in [2.75, 3.05) is 17.1 Å². The van der Waals surface area contributed by atoms with Gasteiger partial charge in [-0.2, -0.15) is 0 Å². The maximum absolute atomic E-state index is 13.6. The van der Waals surface area contributed by atoms with Crippen molar-refractivity contribution in [3.8, 4) is 0 Å². The maximum atomic E-state index is 13.6. The van der Waals surface area contributed by atoms with Gasteiger partial charge in [0.25, 0.3) is 0 Å². The molecule has 2 amide bonds. The Morgan fingerprint density at radius 2 is 1.44 bits per heavy atom. The second kappa shape index (κ2) is 12.0. The Morgan fingerprint density at radius 3 is 1.91 bits per heavy atom. The van der Waals surface area contributed by atoms with E-state index in [0.717, 1.165) is 33.7 Å². The van der Waals surface area contributed by atoms with Crippen molar-refractivity contribution in [2.45, 2.75) is 66.1 Å². The molecule has 0 heterocycles. The normalized spacial score (nSPS) is 13.1. The zero-order chi connectivity index (χ0) is 25.5. The van der Waals surface area contributed by atoms with E-state index in [1.54, 1.807) is 24.3 Å². The van der Waals surface area contributed by atoms with Gasteiger partial charge in [-0.25, -0.2) is 8.42 Å². The number of nitrogens with one attached hydrogen (secondary N) is 1. The van der Waals surface area contributed by atoms with Gasteiger partial charge in [0.1, 0.15) is 12.6 Å². The minimum atomic E-state index is -3.73. The summed E-state index contributed by atoms with van der Waals surface area (Å²) in [6, 6.07) is 14.0. The van der Waals surface area contributed by atoms with E-state index in [0.29, 0.717) is 12.1 Å². The van der Waals surface area contributed by atoms with Crippen LogP contribution in [0.1, 0.15) is 50.3 Å². The highest BCUT2D eigenvalue weighted by Gasteiger charge is 2.32. The Bertz CT molecular complexity index is 1070. The molecule has 34 heavy (non-hydrogen) atoms. The first-order valence-electron chi connectivity index (χ1n) is 11.7. The predicted molar refractivity (Wildman–Crippen MR) is 137 cm³/mol. The maximum Gasteiger partial charge on any atom is 0.244 e. The van der Waals surface area contributed by atoms with Crippen molar-refractivity contribution < 1.29 is 18.0 Å². The van der Waals surface area contributed by atoms with Gasteiger partial charge in [0.2, 0.25) is 21.8 Å². The largest absolute Gasteiger partial charge is 0.352 e. The lowest BCUT2D eigenvalue weighted by Gasteiger charge is -2.33. The SMILES string of the molecule is CC[C@@H](C)NC(=O)[C@H](CC)N(Cc1ccc(C)cc1)C(=O)CN(c1ccc(C)cc1)S(C)(=O)=O. The number of aryl methyl sites for hydroxylation is 2. The summed E-state index contributed by atoms with van der Waals surface area (Å²) in [5, 5.41) is 2.97. The summed E-state index contributed by atoms with van der Waals surface area (Å²) < 4.78 is 26.3. The molecule has 2 atom stereocenters. The summed E-state index contributed by atoms with van der Waals surface area (Å²) in [6.07, 6.45) is 2.25. The predicted octanol–water partition coefficient (Wildman–Crippen LogP) is 3.79. The molecule has 186 valence electrons. The fraction of sp³-hybridized carbons (Fsp3) is 0.462. The first kappa shape index (κ1) is 27.4. The number of carbonyl (C=O) groups excluding carboxylic acids is 2. The fourth-order valence-corrected chi connectivity index (χ4v) is 4.43. The molecule has 2 aromatic rings. The number of benzene rings is 2. The molecule has 0 fully saturated rings. The number of amides is 2. The van der Waals surface area contributed by atoms with Gasteiger partial charge >= 0.3 is 0 Å². The molecule has 0 saturated carbocycles. The third kappa shape index (κ3) is 7.58. The molecular formula is C26H37N3O4S. The lowest BCUT2D eigenvalue weighted by Crippen LogP contribution is -2.53. The zero-order valence-electron chi connectivity index (χ0n) is 21.0. The zero-order valence-corrected chi connectivity index (χ0v) is 21.9. The topological polar surface area (TPSA) is 86.8 Å². The molecule has 0 aliphatic heterocycles. The molecule has 0 aromatic heterocycles. The molecule has 7 nitrogen and oxygen atoms in total. The van der Waals surface area contributed by atoms with Crippen molar-refractivity contribution in [2.24, 2.45) is 0 Å². The minimum Gasteiger partial charge on any atom is -0.352 e. The molecule has 0 saturated heterocycles. The van der Waals surface area contributed by atoms with Crippen LogP contribution in [0.15, 0.2) is 48.5 Å². The highest BCUT2D eigenvalue weighted by Crippen LogP contribution is 2.20. The molecule has 0 aliphatic carbocycles. The van der Waals surface area contributed by atoms with Crippen LogP contribution >= 0.6 is 0 Å². The molecule has 2 aromatic carbocycles. The number of hydrogen-bond donors (Lipinski definition) is 1. The van der Waals surface area contributed by atoms with Crippen LogP contribution in [0.25, 0.3) is 0 Å². The monoisotopic (exact) mass is 487 g/mol. The van der Waals surface area contributed by atoms with Crippen LogP contribution in [0, 0.1) is 13.8 Å². The van der Waals surface area contributed by atoms with Gasteiger partial charge in [0.15, 0.2) is 0 Å². The van der Waals surface area contributed by atoms with Gasteiger partial charge in [-0.1, -0.05) is 61.4 Å². The lowest BCUT2D eigenvalue weighted by atomic mass is 10.1. The second-order valence-electron chi connectivity index (χ2n) is 8.85. The van der Waals surface area contributed by atoms with Gasteiger partial charge in [-0.05, 0) is 51.3 Å². The third-order valence-corrected chi connectivity index (χ3v) is 7.00. The van der Waals surface area contributed by atoms with E-state index in [1.165, 1.54) is 4.90 Å². The molecule has 2 rings (SSSR count). The number of carbonyl (C=O) groups is 2. The first-order valence-corrected chi connectivity index (χ1v) is 13.5. The Kier molecular flexibility index (Phi) is 9.67. The molecule has 1 N–H and O–H groups in total. The van der Waals surface area contributed by atoms with Crippen LogP contribution in [0.3, 0.4) is 0 Å². The van der Waals surface area contributed by atoms with Crippen molar-refractivity contribution in [3.63, 3.8) is 0 Å². The average molecular weight is 488 g/mol. The van der Waals surface area contributed by atoms with E-state index in [2.05, 4.69) is 5.32 Å². The number of anilines is 1. The van der Waals surface area contributed by atoms with Crippen LogP contribution in [-0.4, -0.2) is 50.0 Å². The fourth-order valence-electron chi connectivity index (χ4n) is 3.58. The highest BCUT2D eigenvalue weighted by molar-refractivity contribution is 7.92. The highest BCUT2D eigenvalue weighted by atomic mass is 32.2. The summed E-state index contributed by atoms with van der Waals surface area (Å²) >= 11 is 0. The molecule has 0 unspecified atom stereocenters. The van der Waals surface area contributed by atoms with E-state index in [-0.39, 0.29) is 25.0 Å². The standard InChI is InChI=1S/C26H37N3O4S/c1-7-21(5)27-26(31)24(8-2)28(17-22-13-9-19(3)10-14-22)25(30)18-29(34(6,32)33)23-15-11-20(4)12-16-23/h9-16,21,24H,7-8,17-18H2,1-6H3,(H,27,31)/t21-,24+/m1/s1. The van der Waals surface area contributed by atoms with Gasteiger partial charge in [-0.3, -0.25) is 13.9 Å². The molecular weight excluding hydrogens is 450 g/mol. The Morgan fingerprint density at radius 1 is 0.912 bits per heavy atom. The van der Waals surface area contributed by atoms with Crippen LogP contribution in [-0.2, 0) is 26.2 Å². The Hall–Kier alpha value is -2.87. The quantitative estimate of drug-likeness (QED) is 0.522. The van der Waals surface area contributed by atoms with Crippen molar-refractivity contribution in [1.82, 2.24) is 10.2 Å². The van der Waals surface area contributed by atoms with Gasteiger partial charge < -0.3 is 10.2 Å². The Labute approximate surface area is 204 Å². The van der Waals surface area contributed by atoms with Crippen LogP contribution in [0.5, 0.6) is 0 Å². The minimum absolute atomic E-state index is 0.0297. The third-order valence-electron chi connectivity index (χ3n) is 5.86. The number of sulfonamides is 1. The van der Waals surface area contributed by atoms with Gasteiger partial charge in [-0.15, -0.1) is 0 Å². The van der Waals surface area contributed by atoms with Crippen molar-refractivity contribution in [3.05, 3.63) is 65.2 Å². The molecule has 0 radical (unpaired) electrons. The van der Waals surface area contributed by atoms with Crippen molar-refractivity contribution >= 4 is 27.5 Å². The summed E-state index contributed by atoms with van der Waals surface area (Å²) in [6.45, 7) is 9.45. The summed E-state index contributed by atoms with van der Waals surface area (Å²) in [7, 11) is -3.73. The van der Waals surface area contributed by atoms with E-state index in [9.17, 15) is 18.0 Å². The first-order chi connectivity index (χ1) is 16.0. The van der Waals surface area contributed by atoms with Crippen molar-refractivity contribution in [1.29, 1.82) is 0 Å². The van der Waals surface area contributed by atoms with E-state index in [4.69, 9.17) is 0 Å². The smallest absolute Gasteiger partial charge is 0.244 e. The van der Waals surface area contributed by atoms with Crippen LogP contribution in [0.2, 0.25) is 0 Å². The number of rotatable bonds is 11. The van der Waals surface area contributed by atoms with E-state index < -0.39 is 22.0 Å². The van der Waals surface area contributed by atoms with Crippen LogP contribution < -0.4 is 9.62 Å². The lowest BCUT2D eigenvalue weighted by molar-refractivity contribution is -0.140. The molecule has 0 aliphatic rings. The summed E-state index contributed by atoms with van der Waals surface area (Å²) in [5.74, 6) is -0.670. The van der Waals surface area contributed by atoms with E-state index >= 15 is 0 Å².